The summed E-state index contributed by atoms with van der Waals surface area (Å²) in [6.07, 6.45) is 5.49. The number of hydrogen-bond donors (Lipinski definition) is 0. The number of fused-ring (bicyclic) bond motifs is 2. The maximum Gasteiger partial charge on any atom is 0.415 e. The number of carbonyl (C=O) groups excluding carboxylic acids is 1. The van der Waals surface area contributed by atoms with Gasteiger partial charge in [0.05, 0.1) is 24.8 Å². The lowest BCUT2D eigenvalue weighted by Gasteiger charge is -2.49. The van der Waals surface area contributed by atoms with Crippen LogP contribution >= 0.6 is 11.3 Å². The maximum absolute atomic E-state index is 12.5. The predicted molar refractivity (Wildman–Crippen MR) is 87.7 cm³/mol. The van der Waals surface area contributed by atoms with Gasteiger partial charge in [-0.15, -0.1) is 11.3 Å². The van der Waals surface area contributed by atoms with Gasteiger partial charge in [-0.1, -0.05) is 0 Å². The number of carbonyl (C=O) groups is 1. The lowest BCUT2D eigenvalue weighted by atomic mass is 9.75. The first-order valence-corrected chi connectivity index (χ1v) is 8.95. The fourth-order valence-electron chi connectivity index (χ4n) is 4.23. The third-order valence-electron chi connectivity index (χ3n) is 5.46. The van der Waals surface area contributed by atoms with E-state index in [1.807, 2.05) is 16.3 Å². The molecule has 4 aliphatic rings. The molecule has 1 spiro atoms. The van der Waals surface area contributed by atoms with Gasteiger partial charge in [0.15, 0.2) is 0 Å². The Balaban J connectivity index is 1.43. The summed E-state index contributed by atoms with van der Waals surface area (Å²) >= 11 is 1.63. The van der Waals surface area contributed by atoms with E-state index in [0.29, 0.717) is 12.5 Å². The molecule has 1 atom stereocenters. The number of hydrogen-bond acceptors (Lipinski definition) is 5. The van der Waals surface area contributed by atoms with Crippen LogP contribution in [0.3, 0.4) is 0 Å². The smallest absolute Gasteiger partial charge is 0.415 e. The molecule has 2 aromatic rings. The summed E-state index contributed by atoms with van der Waals surface area (Å²) in [6, 6.07) is 3.99. The third kappa shape index (κ3) is 2.05. The quantitative estimate of drug-likeness (QED) is 0.846. The first kappa shape index (κ1) is 13.6. The number of piperidine rings is 3. The maximum atomic E-state index is 12.5. The molecule has 4 saturated heterocycles. The Morgan fingerprint density at radius 1 is 1.26 bits per heavy atom. The topological polar surface area (TPSA) is 45.9 Å². The van der Waals surface area contributed by atoms with E-state index in [4.69, 9.17) is 9.15 Å². The van der Waals surface area contributed by atoms with E-state index in [1.54, 1.807) is 23.9 Å². The van der Waals surface area contributed by atoms with Crippen molar-refractivity contribution in [3.63, 3.8) is 0 Å². The van der Waals surface area contributed by atoms with Crippen molar-refractivity contribution in [1.82, 2.24) is 4.90 Å². The highest BCUT2D eigenvalue weighted by molar-refractivity contribution is 7.14. The predicted octanol–water partition coefficient (Wildman–Crippen LogP) is 3.43. The third-order valence-corrected chi connectivity index (χ3v) is 6.43. The van der Waals surface area contributed by atoms with Crippen LogP contribution < -0.4 is 4.90 Å². The lowest BCUT2D eigenvalue weighted by Crippen LogP contribution is -2.61. The summed E-state index contributed by atoms with van der Waals surface area (Å²) < 4.78 is 11.1. The molecule has 2 aromatic heterocycles. The molecule has 120 valence electrons. The molecule has 0 unspecified atom stereocenters. The van der Waals surface area contributed by atoms with Crippen molar-refractivity contribution in [3.8, 4) is 10.4 Å². The van der Waals surface area contributed by atoms with Crippen molar-refractivity contribution in [3.05, 3.63) is 30.0 Å². The minimum absolute atomic E-state index is 0.199. The van der Waals surface area contributed by atoms with Crippen molar-refractivity contribution in [2.45, 2.75) is 18.4 Å². The number of rotatable bonds is 2. The van der Waals surface area contributed by atoms with Crippen molar-refractivity contribution in [1.29, 1.82) is 0 Å². The van der Waals surface area contributed by atoms with Crippen molar-refractivity contribution in [2.75, 3.05) is 31.1 Å². The van der Waals surface area contributed by atoms with E-state index >= 15 is 0 Å². The van der Waals surface area contributed by atoms with Crippen LogP contribution in [-0.4, -0.2) is 42.8 Å². The lowest BCUT2D eigenvalue weighted by molar-refractivity contribution is -0.0881. The van der Waals surface area contributed by atoms with Crippen molar-refractivity contribution >= 4 is 23.1 Å². The first-order chi connectivity index (χ1) is 11.2. The molecule has 0 aliphatic carbocycles. The summed E-state index contributed by atoms with van der Waals surface area (Å²) in [4.78, 5) is 17.8. The number of furan rings is 1. The molecule has 4 aliphatic heterocycles. The second kappa shape index (κ2) is 4.85. The van der Waals surface area contributed by atoms with Crippen molar-refractivity contribution in [2.24, 2.45) is 5.92 Å². The van der Waals surface area contributed by atoms with E-state index in [0.717, 1.165) is 48.6 Å². The number of anilines is 1. The van der Waals surface area contributed by atoms with Crippen LogP contribution in [0.15, 0.2) is 34.5 Å². The van der Waals surface area contributed by atoms with Crippen LogP contribution in [0.2, 0.25) is 0 Å². The monoisotopic (exact) mass is 330 g/mol. The van der Waals surface area contributed by atoms with Crippen LogP contribution in [0, 0.1) is 5.92 Å². The molecule has 1 amide bonds. The average Bonchev–Trinajstić information content (AvgIpc) is 3.28. The molecular weight excluding hydrogens is 312 g/mol. The van der Waals surface area contributed by atoms with Gasteiger partial charge in [0, 0.05) is 28.3 Å². The van der Waals surface area contributed by atoms with Gasteiger partial charge in [0.25, 0.3) is 0 Å². The van der Waals surface area contributed by atoms with E-state index in [9.17, 15) is 4.79 Å². The van der Waals surface area contributed by atoms with Crippen LogP contribution in [0.25, 0.3) is 10.4 Å². The van der Waals surface area contributed by atoms with Gasteiger partial charge in [-0.3, -0.25) is 9.80 Å². The highest BCUT2D eigenvalue weighted by Gasteiger charge is 2.55. The van der Waals surface area contributed by atoms with E-state index < -0.39 is 0 Å². The summed E-state index contributed by atoms with van der Waals surface area (Å²) in [5.74, 6) is 0.508. The number of nitrogens with zero attached hydrogens (tertiary/aromatic N) is 2. The SMILES string of the molecule is O=C1O[C@]2(CN3CCC2CC3)CN1c1csc(-c2ccoc2)c1. The summed E-state index contributed by atoms with van der Waals surface area (Å²) in [5.41, 5.74) is 1.68. The Morgan fingerprint density at radius 3 is 2.83 bits per heavy atom. The van der Waals surface area contributed by atoms with Gasteiger partial charge in [0.1, 0.15) is 5.60 Å². The molecule has 0 aromatic carbocycles. The fourth-order valence-corrected chi connectivity index (χ4v) is 5.12. The summed E-state index contributed by atoms with van der Waals surface area (Å²) in [5, 5.41) is 2.03. The zero-order valence-electron chi connectivity index (χ0n) is 12.7. The molecule has 5 nitrogen and oxygen atoms in total. The summed E-state index contributed by atoms with van der Waals surface area (Å²) in [6.45, 7) is 3.85. The van der Waals surface area contributed by atoms with Crippen LogP contribution in [0.1, 0.15) is 12.8 Å². The highest BCUT2D eigenvalue weighted by Crippen LogP contribution is 2.44. The molecule has 4 fully saturated rings. The molecule has 6 heteroatoms. The Morgan fingerprint density at radius 2 is 2.13 bits per heavy atom. The first-order valence-electron chi connectivity index (χ1n) is 8.07. The number of ether oxygens (including phenoxy) is 1. The van der Waals surface area contributed by atoms with Gasteiger partial charge in [-0.2, -0.15) is 0 Å². The average molecular weight is 330 g/mol. The standard InChI is InChI=1S/C17H18N2O3S/c20-16-19(14-7-15(23-9-14)12-3-6-21-8-12)11-17(22-16)10-18-4-1-13(17)2-5-18/h3,6-9,13H,1-2,4-5,10-11H2/t17-/m1/s1. The molecule has 0 saturated carbocycles. The van der Waals surface area contributed by atoms with Crippen molar-refractivity contribution < 1.29 is 13.9 Å². The molecule has 6 rings (SSSR count). The zero-order chi connectivity index (χ0) is 15.4. The number of amides is 1. The van der Waals surface area contributed by atoms with Crippen LogP contribution in [0.4, 0.5) is 10.5 Å². The van der Waals surface area contributed by atoms with E-state index in [1.165, 1.54) is 0 Å². The largest absolute Gasteiger partial charge is 0.472 e. The molecule has 23 heavy (non-hydrogen) atoms. The Bertz CT molecular complexity index is 733. The van der Waals surface area contributed by atoms with Crippen LogP contribution in [0.5, 0.6) is 0 Å². The fraction of sp³-hybridized carbons (Fsp3) is 0.471. The van der Waals surface area contributed by atoms with E-state index in [2.05, 4.69) is 11.0 Å². The molecule has 2 bridgehead atoms. The molecule has 0 radical (unpaired) electrons. The van der Waals surface area contributed by atoms with Gasteiger partial charge in [-0.05, 0) is 38.1 Å². The van der Waals surface area contributed by atoms with Gasteiger partial charge in [0.2, 0.25) is 0 Å². The minimum atomic E-state index is -0.300. The molecule has 6 heterocycles. The molecular formula is C17H18N2O3S. The zero-order valence-corrected chi connectivity index (χ0v) is 13.6. The minimum Gasteiger partial charge on any atom is -0.472 e. The molecule has 0 N–H and O–H groups in total. The second-order valence-corrected chi connectivity index (χ2v) is 7.66. The van der Waals surface area contributed by atoms with Gasteiger partial charge < -0.3 is 9.15 Å². The van der Waals surface area contributed by atoms with Gasteiger partial charge in [-0.25, -0.2) is 4.79 Å². The Kier molecular flexibility index (Phi) is 2.87. The normalized spacial score (nSPS) is 32.7. The second-order valence-electron chi connectivity index (χ2n) is 6.75. The van der Waals surface area contributed by atoms with Gasteiger partial charge >= 0.3 is 6.09 Å². The Hall–Kier alpha value is -1.79. The summed E-state index contributed by atoms with van der Waals surface area (Å²) in [7, 11) is 0. The van der Waals surface area contributed by atoms with E-state index in [-0.39, 0.29) is 11.7 Å². The Labute approximate surface area is 138 Å². The highest BCUT2D eigenvalue weighted by atomic mass is 32.1. The van der Waals surface area contributed by atoms with Crippen LogP contribution in [-0.2, 0) is 4.74 Å². The number of thiophene rings is 1.